The Balaban J connectivity index is 4.04. The third kappa shape index (κ3) is 4.41. The van der Waals surface area contributed by atoms with Gasteiger partial charge < -0.3 is 0 Å². The molecule has 0 spiro atoms. The van der Waals surface area contributed by atoms with E-state index in [1.165, 1.54) is 6.04 Å². The molecule has 0 aromatic carbocycles. The van der Waals surface area contributed by atoms with Gasteiger partial charge in [-0.3, -0.25) is 4.79 Å². The van der Waals surface area contributed by atoms with Gasteiger partial charge in [0.2, 0.25) is 0 Å². The van der Waals surface area contributed by atoms with Crippen molar-refractivity contribution in [3.8, 4) is 0 Å². The molecule has 0 heterocycles. The highest BCUT2D eigenvalue weighted by Gasteiger charge is 2.33. The second-order valence-electron chi connectivity index (χ2n) is 5.24. The summed E-state index contributed by atoms with van der Waals surface area (Å²) in [4.78, 5) is 10.1. The van der Waals surface area contributed by atoms with Crippen LogP contribution in [0.2, 0.25) is 24.2 Å². The molecule has 0 unspecified atom stereocenters. The van der Waals surface area contributed by atoms with E-state index in [-0.39, 0.29) is 0 Å². The zero-order valence-electron chi connectivity index (χ0n) is 9.55. The maximum Gasteiger partial charge on any atom is 0.142 e. The molecular formula is C11H22OSi. The van der Waals surface area contributed by atoms with Gasteiger partial charge in [0.1, 0.15) is 6.29 Å². The molecule has 0 aliphatic rings. The summed E-state index contributed by atoms with van der Waals surface area (Å²) in [6.07, 6.45) is 5.49. The van der Waals surface area contributed by atoms with E-state index in [1.54, 1.807) is 6.08 Å². The average Bonchev–Trinajstić information content (AvgIpc) is 1.96. The van der Waals surface area contributed by atoms with Gasteiger partial charge in [0, 0.05) is 0 Å². The molecule has 0 N–H and O–H groups in total. The lowest BCUT2D eigenvalue weighted by molar-refractivity contribution is -0.104. The molecule has 0 bridgehead atoms. The molecule has 0 radical (unpaired) electrons. The number of carbonyl (C=O) groups is 1. The van der Waals surface area contributed by atoms with Gasteiger partial charge in [-0.1, -0.05) is 46.0 Å². The van der Waals surface area contributed by atoms with Crippen LogP contribution in [0.15, 0.2) is 12.2 Å². The Labute approximate surface area is 83.2 Å². The van der Waals surface area contributed by atoms with Crippen molar-refractivity contribution >= 4 is 14.4 Å². The fourth-order valence-electron chi connectivity index (χ4n) is 0.971. The summed E-state index contributed by atoms with van der Waals surface area (Å²) in [5.41, 5.74) is 0. The van der Waals surface area contributed by atoms with Crippen molar-refractivity contribution in [3.05, 3.63) is 12.2 Å². The van der Waals surface area contributed by atoms with E-state index in [0.29, 0.717) is 5.04 Å². The minimum atomic E-state index is -1.12. The van der Waals surface area contributed by atoms with Crippen molar-refractivity contribution in [2.75, 3.05) is 0 Å². The van der Waals surface area contributed by atoms with Crippen LogP contribution in [0.4, 0.5) is 0 Å². The van der Waals surface area contributed by atoms with Gasteiger partial charge in [0.25, 0.3) is 0 Å². The zero-order valence-corrected chi connectivity index (χ0v) is 10.6. The Morgan fingerprint density at radius 3 is 2.15 bits per heavy atom. The third-order valence-electron chi connectivity index (χ3n) is 3.18. The van der Waals surface area contributed by atoms with Crippen molar-refractivity contribution in [2.45, 2.75) is 51.4 Å². The highest BCUT2D eigenvalue weighted by molar-refractivity contribution is 6.80. The van der Waals surface area contributed by atoms with Crippen LogP contribution in [-0.4, -0.2) is 14.4 Å². The summed E-state index contributed by atoms with van der Waals surface area (Å²) in [7, 11) is -1.12. The van der Waals surface area contributed by atoms with Crippen LogP contribution in [0.25, 0.3) is 0 Å². The standard InChI is InChI=1S/C11H22OSi/c1-11(2,3)13(4,5)10-8-6-7-9-12/h6-7,9H,8,10H2,1-5H3/b7-6+. The number of carbonyl (C=O) groups excluding carboxylic acids is 1. The highest BCUT2D eigenvalue weighted by Crippen LogP contribution is 2.39. The summed E-state index contributed by atoms with van der Waals surface area (Å²) < 4.78 is 0. The van der Waals surface area contributed by atoms with Crippen LogP contribution in [-0.2, 0) is 4.79 Å². The van der Waals surface area contributed by atoms with Crippen LogP contribution >= 0.6 is 0 Å². The molecule has 0 aromatic rings. The van der Waals surface area contributed by atoms with Crippen LogP contribution in [0, 0.1) is 0 Å². The van der Waals surface area contributed by atoms with E-state index in [4.69, 9.17) is 0 Å². The SMILES string of the molecule is CC(C)(C)[Si](C)(C)CC/C=C/C=O. The average molecular weight is 198 g/mol. The fourth-order valence-corrected chi connectivity index (χ4v) is 2.61. The zero-order chi connectivity index (χ0) is 10.5. The topological polar surface area (TPSA) is 17.1 Å². The van der Waals surface area contributed by atoms with E-state index < -0.39 is 8.07 Å². The first kappa shape index (κ1) is 12.6. The van der Waals surface area contributed by atoms with Crippen molar-refractivity contribution in [2.24, 2.45) is 0 Å². The van der Waals surface area contributed by atoms with Gasteiger partial charge >= 0.3 is 0 Å². The van der Waals surface area contributed by atoms with Crippen LogP contribution in [0.3, 0.4) is 0 Å². The lowest BCUT2D eigenvalue weighted by Gasteiger charge is -2.36. The molecule has 2 heteroatoms. The molecule has 13 heavy (non-hydrogen) atoms. The first-order valence-corrected chi connectivity index (χ1v) is 8.12. The molecule has 0 amide bonds. The Hall–Kier alpha value is -0.373. The minimum Gasteiger partial charge on any atom is -0.299 e. The van der Waals surface area contributed by atoms with Gasteiger partial charge in [0.05, 0.1) is 8.07 Å². The molecule has 0 saturated carbocycles. The predicted octanol–water partition coefficient (Wildman–Crippen LogP) is 3.64. The molecule has 0 rings (SSSR count). The molecule has 0 atom stereocenters. The van der Waals surface area contributed by atoms with Crippen molar-refractivity contribution in [1.29, 1.82) is 0 Å². The molecule has 0 saturated heterocycles. The summed E-state index contributed by atoms with van der Waals surface area (Å²) >= 11 is 0. The summed E-state index contributed by atoms with van der Waals surface area (Å²) in [6, 6.07) is 1.26. The van der Waals surface area contributed by atoms with Gasteiger partial charge in [-0.15, -0.1) is 0 Å². The first-order valence-electron chi connectivity index (χ1n) is 4.91. The maximum absolute atomic E-state index is 10.1. The van der Waals surface area contributed by atoms with E-state index >= 15 is 0 Å². The molecule has 0 fully saturated rings. The maximum atomic E-state index is 10.1. The van der Waals surface area contributed by atoms with E-state index in [0.717, 1.165) is 12.7 Å². The lowest BCUT2D eigenvalue weighted by atomic mass is 10.2. The van der Waals surface area contributed by atoms with Gasteiger partial charge in [-0.05, 0) is 17.5 Å². The number of aldehydes is 1. The van der Waals surface area contributed by atoms with E-state index in [1.807, 2.05) is 6.08 Å². The largest absolute Gasteiger partial charge is 0.299 e. The quantitative estimate of drug-likeness (QED) is 0.383. The van der Waals surface area contributed by atoms with E-state index in [9.17, 15) is 4.79 Å². The van der Waals surface area contributed by atoms with Crippen molar-refractivity contribution < 1.29 is 4.79 Å². The van der Waals surface area contributed by atoms with Crippen LogP contribution in [0.5, 0.6) is 0 Å². The Morgan fingerprint density at radius 2 is 1.77 bits per heavy atom. The van der Waals surface area contributed by atoms with Gasteiger partial charge in [-0.25, -0.2) is 0 Å². The molecular weight excluding hydrogens is 176 g/mol. The summed E-state index contributed by atoms with van der Waals surface area (Å²) in [5, 5.41) is 0.460. The third-order valence-corrected chi connectivity index (χ3v) is 8.78. The number of rotatable bonds is 4. The summed E-state index contributed by atoms with van der Waals surface area (Å²) in [6.45, 7) is 11.8. The Morgan fingerprint density at radius 1 is 1.23 bits per heavy atom. The highest BCUT2D eigenvalue weighted by atomic mass is 28.3. The Kier molecular flexibility index (Phi) is 4.61. The van der Waals surface area contributed by atoms with Gasteiger partial charge in [0.15, 0.2) is 0 Å². The lowest BCUT2D eigenvalue weighted by Crippen LogP contribution is -2.36. The number of hydrogen-bond acceptors (Lipinski definition) is 1. The van der Waals surface area contributed by atoms with Crippen LogP contribution in [0.1, 0.15) is 27.2 Å². The molecule has 76 valence electrons. The molecule has 0 aliphatic carbocycles. The Bertz CT molecular complexity index is 187. The molecule has 0 aliphatic heterocycles. The first-order chi connectivity index (χ1) is 5.81. The summed E-state index contributed by atoms with van der Waals surface area (Å²) in [5.74, 6) is 0. The van der Waals surface area contributed by atoms with Gasteiger partial charge in [-0.2, -0.15) is 0 Å². The monoisotopic (exact) mass is 198 g/mol. The van der Waals surface area contributed by atoms with Crippen molar-refractivity contribution in [3.63, 3.8) is 0 Å². The smallest absolute Gasteiger partial charge is 0.142 e. The van der Waals surface area contributed by atoms with Crippen LogP contribution < -0.4 is 0 Å². The van der Waals surface area contributed by atoms with E-state index in [2.05, 4.69) is 33.9 Å². The second-order valence-corrected chi connectivity index (χ2v) is 11.0. The predicted molar refractivity (Wildman–Crippen MR) is 61.8 cm³/mol. The fraction of sp³-hybridized carbons (Fsp3) is 0.727. The second kappa shape index (κ2) is 4.75. The minimum absolute atomic E-state index is 0.460. The number of hydrogen-bond donors (Lipinski definition) is 0. The molecule has 0 aromatic heterocycles. The normalized spacial score (nSPS) is 13.6. The number of allylic oxidation sites excluding steroid dienone is 2. The molecule has 1 nitrogen and oxygen atoms in total. The van der Waals surface area contributed by atoms with Crippen molar-refractivity contribution in [1.82, 2.24) is 0 Å².